The normalized spacial score (nSPS) is 10.2. The molecule has 0 spiro atoms. The van der Waals surface area contributed by atoms with Gasteiger partial charge in [-0.1, -0.05) is 11.2 Å². The maximum atomic E-state index is 10.6. The highest BCUT2D eigenvalue weighted by Crippen LogP contribution is 2.21. The van der Waals surface area contributed by atoms with Gasteiger partial charge in [0, 0.05) is 17.8 Å². The maximum Gasteiger partial charge on any atom is 0.271 e. The number of hydrogen-bond acceptors (Lipinski definition) is 6. The molecule has 0 amide bonds. The molecule has 0 radical (unpaired) electrons. The zero-order valence-corrected chi connectivity index (χ0v) is 9.08. The monoisotopic (exact) mass is 234 g/mol. The lowest BCUT2D eigenvalue weighted by Crippen LogP contribution is -2.03. The number of anilines is 1. The number of nitrogens with zero attached hydrogens (tertiary/aromatic N) is 3. The summed E-state index contributed by atoms with van der Waals surface area (Å²) in [6.07, 6.45) is 1.23. The minimum atomic E-state index is -0.432. The fourth-order valence-corrected chi connectivity index (χ4v) is 1.36. The van der Waals surface area contributed by atoms with Crippen LogP contribution in [0, 0.1) is 17.0 Å². The highest BCUT2D eigenvalue weighted by molar-refractivity contribution is 5.56. The molecular weight excluding hydrogens is 224 g/mol. The van der Waals surface area contributed by atoms with Gasteiger partial charge < -0.3 is 9.84 Å². The van der Waals surface area contributed by atoms with E-state index in [1.54, 1.807) is 6.07 Å². The first-order valence-electron chi connectivity index (χ1n) is 4.91. The van der Waals surface area contributed by atoms with E-state index in [0.29, 0.717) is 18.1 Å². The van der Waals surface area contributed by atoms with Crippen molar-refractivity contribution in [1.82, 2.24) is 10.1 Å². The summed E-state index contributed by atoms with van der Waals surface area (Å²) in [5.41, 5.74) is 1.65. The van der Waals surface area contributed by atoms with E-state index in [1.165, 1.54) is 18.5 Å². The number of aromatic nitrogens is 2. The lowest BCUT2D eigenvalue weighted by Gasteiger charge is -2.06. The molecule has 2 rings (SSSR count). The molecule has 88 valence electrons. The van der Waals surface area contributed by atoms with Crippen LogP contribution >= 0.6 is 0 Å². The van der Waals surface area contributed by atoms with Crippen molar-refractivity contribution in [1.29, 1.82) is 0 Å². The fraction of sp³-hybridized carbons (Fsp3) is 0.200. The third kappa shape index (κ3) is 2.57. The van der Waals surface area contributed by atoms with E-state index in [4.69, 9.17) is 0 Å². The van der Waals surface area contributed by atoms with Crippen LogP contribution in [0.5, 0.6) is 0 Å². The summed E-state index contributed by atoms with van der Waals surface area (Å²) in [6, 6.07) is 4.64. The number of aryl methyl sites for hydroxylation is 1. The molecule has 0 unspecified atom stereocenters. The van der Waals surface area contributed by atoms with Crippen molar-refractivity contribution in [2.45, 2.75) is 13.5 Å². The van der Waals surface area contributed by atoms with Crippen LogP contribution in [-0.2, 0) is 6.54 Å². The highest BCUT2D eigenvalue weighted by Gasteiger charge is 2.08. The highest BCUT2D eigenvalue weighted by atomic mass is 16.6. The van der Waals surface area contributed by atoms with Crippen molar-refractivity contribution in [2.24, 2.45) is 0 Å². The molecule has 1 heterocycles. The van der Waals surface area contributed by atoms with Crippen molar-refractivity contribution in [3.8, 4) is 0 Å². The van der Waals surface area contributed by atoms with Crippen LogP contribution in [0.2, 0.25) is 0 Å². The number of nitro groups is 1. The Morgan fingerprint density at radius 1 is 1.53 bits per heavy atom. The topological polar surface area (TPSA) is 94.1 Å². The lowest BCUT2D eigenvalue weighted by atomic mass is 10.2. The minimum Gasteiger partial charge on any atom is -0.377 e. The van der Waals surface area contributed by atoms with Crippen LogP contribution in [0.25, 0.3) is 0 Å². The second kappa shape index (κ2) is 4.60. The number of hydrogen-bond donors (Lipinski definition) is 1. The zero-order valence-electron chi connectivity index (χ0n) is 9.08. The Labute approximate surface area is 96.6 Å². The summed E-state index contributed by atoms with van der Waals surface area (Å²) in [6.45, 7) is 2.22. The van der Waals surface area contributed by atoms with Gasteiger partial charge in [0.05, 0.1) is 11.5 Å². The first-order chi connectivity index (χ1) is 8.16. The quantitative estimate of drug-likeness (QED) is 0.641. The molecule has 0 saturated heterocycles. The number of benzene rings is 1. The predicted molar refractivity (Wildman–Crippen MR) is 59.5 cm³/mol. The predicted octanol–water partition coefficient (Wildman–Crippen LogP) is 1.90. The minimum absolute atomic E-state index is 0.0474. The molecule has 17 heavy (non-hydrogen) atoms. The maximum absolute atomic E-state index is 10.6. The van der Waals surface area contributed by atoms with E-state index < -0.39 is 4.92 Å². The summed E-state index contributed by atoms with van der Waals surface area (Å²) in [4.78, 5) is 14.0. The second-order valence-electron chi connectivity index (χ2n) is 3.46. The molecular formula is C10H10N4O3. The SMILES string of the molecule is Cc1ccc([N+](=O)[O-])cc1NCc1ncon1. The van der Waals surface area contributed by atoms with Crippen molar-refractivity contribution in [3.05, 3.63) is 46.1 Å². The van der Waals surface area contributed by atoms with Gasteiger partial charge >= 0.3 is 0 Å². The molecule has 1 aromatic carbocycles. The molecule has 1 aromatic heterocycles. The van der Waals surface area contributed by atoms with Gasteiger partial charge in [-0.3, -0.25) is 10.1 Å². The van der Waals surface area contributed by atoms with Crippen LogP contribution in [0.4, 0.5) is 11.4 Å². The van der Waals surface area contributed by atoms with Crippen LogP contribution < -0.4 is 5.32 Å². The summed E-state index contributed by atoms with van der Waals surface area (Å²) in [5.74, 6) is 0.496. The first-order valence-corrected chi connectivity index (χ1v) is 4.91. The third-order valence-electron chi connectivity index (χ3n) is 2.28. The van der Waals surface area contributed by atoms with E-state index in [9.17, 15) is 10.1 Å². The molecule has 0 aliphatic heterocycles. The molecule has 0 aliphatic rings. The second-order valence-corrected chi connectivity index (χ2v) is 3.46. The van der Waals surface area contributed by atoms with Crippen LogP contribution in [0.15, 0.2) is 29.1 Å². The summed E-state index contributed by atoms with van der Waals surface area (Å²) in [7, 11) is 0. The number of nitrogens with one attached hydrogen (secondary N) is 1. The van der Waals surface area contributed by atoms with Gasteiger partial charge in [-0.25, -0.2) is 0 Å². The molecule has 7 nitrogen and oxygen atoms in total. The molecule has 0 saturated carbocycles. The van der Waals surface area contributed by atoms with E-state index in [2.05, 4.69) is 20.0 Å². The van der Waals surface area contributed by atoms with Crippen LogP contribution in [0.3, 0.4) is 0 Å². The molecule has 2 aromatic rings. The van der Waals surface area contributed by atoms with Gasteiger partial charge in [-0.15, -0.1) is 0 Å². The molecule has 0 fully saturated rings. The van der Waals surface area contributed by atoms with Gasteiger partial charge in [0.25, 0.3) is 5.69 Å². The molecule has 7 heteroatoms. The van der Waals surface area contributed by atoms with Gasteiger partial charge in [-0.05, 0) is 12.5 Å². The molecule has 0 bridgehead atoms. The molecule has 0 atom stereocenters. The van der Waals surface area contributed by atoms with Crippen molar-refractivity contribution >= 4 is 11.4 Å². The smallest absolute Gasteiger partial charge is 0.271 e. The standard InChI is InChI=1S/C10H10N4O3/c1-7-2-3-8(14(15)16)4-9(7)11-5-10-12-6-17-13-10/h2-4,6,11H,5H2,1H3. The largest absolute Gasteiger partial charge is 0.377 e. The molecule has 0 aliphatic carbocycles. The number of rotatable bonds is 4. The Bertz CT molecular complexity index is 524. The van der Waals surface area contributed by atoms with E-state index in [-0.39, 0.29) is 5.69 Å². The number of non-ortho nitro benzene ring substituents is 1. The Kier molecular flexibility index (Phi) is 2.99. The Morgan fingerprint density at radius 2 is 2.35 bits per heavy atom. The van der Waals surface area contributed by atoms with Crippen LogP contribution in [-0.4, -0.2) is 15.1 Å². The number of nitro benzene ring substituents is 1. The Morgan fingerprint density at radius 3 is 3.00 bits per heavy atom. The van der Waals surface area contributed by atoms with Crippen LogP contribution in [0.1, 0.15) is 11.4 Å². The fourth-order valence-electron chi connectivity index (χ4n) is 1.36. The van der Waals surface area contributed by atoms with Gasteiger partial charge in [0.2, 0.25) is 6.39 Å². The van der Waals surface area contributed by atoms with Crippen molar-refractivity contribution < 1.29 is 9.45 Å². The van der Waals surface area contributed by atoms with Crippen molar-refractivity contribution in [3.63, 3.8) is 0 Å². The Hall–Kier alpha value is -2.44. The molecule has 1 N–H and O–H groups in total. The first kappa shape index (κ1) is 11.1. The van der Waals surface area contributed by atoms with Gasteiger partial charge in [-0.2, -0.15) is 4.98 Å². The van der Waals surface area contributed by atoms with E-state index >= 15 is 0 Å². The van der Waals surface area contributed by atoms with Crippen molar-refractivity contribution in [2.75, 3.05) is 5.32 Å². The summed E-state index contributed by atoms with van der Waals surface area (Å²) < 4.78 is 4.59. The van der Waals surface area contributed by atoms with E-state index in [1.807, 2.05) is 6.92 Å². The average Bonchev–Trinajstić information content (AvgIpc) is 2.80. The van der Waals surface area contributed by atoms with Gasteiger partial charge in [0.15, 0.2) is 5.82 Å². The summed E-state index contributed by atoms with van der Waals surface area (Å²) >= 11 is 0. The average molecular weight is 234 g/mol. The zero-order chi connectivity index (χ0) is 12.3. The Balaban J connectivity index is 2.14. The third-order valence-corrected chi connectivity index (χ3v) is 2.28. The van der Waals surface area contributed by atoms with E-state index in [0.717, 1.165) is 5.56 Å². The van der Waals surface area contributed by atoms with Gasteiger partial charge in [0.1, 0.15) is 0 Å². The summed E-state index contributed by atoms with van der Waals surface area (Å²) in [5, 5.41) is 17.3. The lowest BCUT2D eigenvalue weighted by molar-refractivity contribution is -0.384.